The van der Waals surface area contributed by atoms with Crippen LogP contribution in [-0.4, -0.2) is 39.3 Å². The van der Waals surface area contributed by atoms with Gasteiger partial charge in [-0.15, -0.1) is 0 Å². The van der Waals surface area contributed by atoms with Gasteiger partial charge in [0.05, 0.1) is 0 Å². The van der Waals surface area contributed by atoms with Crippen molar-refractivity contribution >= 4 is 21.5 Å². The van der Waals surface area contributed by atoms with Gasteiger partial charge in [0.2, 0.25) is 0 Å². The zero-order valence-electron chi connectivity index (χ0n) is 8.48. The lowest BCUT2D eigenvalue weighted by molar-refractivity contribution is 0.272. The minimum atomic E-state index is -4.64. The Labute approximate surface area is 99.2 Å². The first-order valence-electron chi connectivity index (χ1n) is 3.67. The van der Waals surface area contributed by atoms with Crippen molar-refractivity contribution in [3.63, 3.8) is 0 Å². The maximum absolute atomic E-state index is 10.2. The molecule has 18 heavy (non-hydrogen) atoms. The number of hydrogen-bond acceptors (Lipinski definition) is 5. The van der Waals surface area contributed by atoms with E-state index in [4.69, 9.17) is 44.2 Å². The molecule has 1 aromatic heterocycles. The molecule has 0 unspecified atom stereocenters. The molecule has 0 aliphatic rings. The molecular weight excluding hydrogens is 296 g/mol. The molecule has 14 heteroatoms. The van der Waals surface area contributed by atoms with Gasteiger partial charge < -0.3 is 40.1 Å². The van der Waals surface area contributed by atoms with Crippen molar-refractivity contribution in [1.82, 2.24) is 9.97 Å². The molecule has 0 radical (unpaired) electrons. The number of aromatic nitrogens is 2. The molecule has 0 fully saturated rings. The van der Waals surface area contributed by atoms with Crippen LogP contribution in [0.5, 0.6) is 0 Å². The minimum absolute atomic E-state index is 0.244. The molecule has 106 valence electrons. The third-order valence-corrected chi connectivity index (χ3v) is 0.692. The van der Waals surface area contributed by atoms with E-state index >= 15 is 0 Å². The Kier molecular flexibility index (Phi) is 8.64. The van der Waals surface area contributed by atoms with Crippen molar-refractivity contribution in [3.05, 3.63) is 22.7 Å². The predicted octanol–water partition coefficient (Wildman–Crippen LogP) is -2.51. The second-order valence-corrected chi connectivity index (χ2v) is 4.40. The molecule has 1 heterocycles. The third kappa shape index (κ3) is 36.3. The van der Waals surface area contributed by atoms with Crippen LogP contribution in [0.4, 0.5) is 5.82 Å². The molecule has 0 amide bonds. The number of nitrogens with two attached hydrogens (primary N) is 1. The van der Waals surface area contributed by atoms with Crippen LogP contribution in [0.15, 0.2) is 17.1 Å². The maximum atomic E-state index is 10.2. The maximum Gasteiger partial charge on any atom is 0.466 e. The highest BCUT2D eigenvalue weighted by Gasteiger charge is 2.00. The van der Waals surface area contributed by atoms with E-state index in [2.05, 4.69) is 9.97 Å². The SMILES string of the molecule is Nc1cc[nH]c(=O)n1.O=P(O)(O)O.O=P(O)(O)O. The normalized spacial score (nSPS) is 10.6. The van der Waals surface area contributed by atoms with Gasteiger partial charge in [-0.05, 0) is 6.07 Å². The summed E-state index contributed by atoms with van der Waals surface area (Å²) in [4.78, 5) is 59.0. The first-order chi connectivity index (χ1) is 7.79. The number of H-pyrrole nitrogens is 1. The van der Waals surface area contributed by atoms with Gasteiger partial charge in [0.1, 0.15) is 5.82 Å². The average Bonchev–Trinajstić information content (AvgIpc) is 1.95. The molecule has 0 aromatic carbocycles. The summed E-state index contributed by atoms with van der Waals surface area (Å²) in [6, 6.07) is 1.52. The Balaban J connectivity index is 0. The molecule has 0 bridgehead atoms. The van der Waals surface area contributed by atoms with E-state index in [1.807, 2.05) is 0 Å². The van der Waals surface area contributed by atoms with Crippen molar-refractivity contribution in [2.45, 2.75) is 0 Å². The highest BCUT2D eigenvalue weighted by atomic mass is 31.2. The van der Waals surface area contributed by atoms with Gasteiger partial charge in [0.25, 0.3) is 0 Å². The smallest absolute Gasteiger partial charge is 0.383 e. The Morgan fingerprint density at radius 2 is 1.39 bits per heavy atom. The molecule has 0 saturated carbocycles. The quantitative estimate of drug-likeness (QED) is 0.233. The Bertz CT molecular complexity index is 452. The van der Waals surface area contributed by atoms with Gasteiger partial charge in [0, 0.05) is 6.20 Å². The largest absolute Gasteiger partial charge is 0.466 e. The van der Waals surface area contributed by atoms with E-state index < -0.39 is 21.3 Å². The van der Waals surface area contributed by atoms with E-state index in [0.717, 1.165) is 0 Å². The Morgan fingerprint density at radius 1 is 1.06 bits per heavy atom. The summed E-state index contributed by atoms with van der Waals surface area (Å²) >= 11 is 0. The minimum Gasteiger partial charge on any atom is -0.383 e. The van der Waals surface area contributed by atoms with Crippen LogP contribution in [0.25, 0.3) is 0 Å². The zero-order valence-corrected chi connectivity index (χ0v) is 10.3. The number of aromatic amines is 1. The fourth-order valence-corrected chi connectivity index (χ4v) is 0.385. The number of hydrogen-bond donors (Lipinski definition) is 8. The number of rotatable bonds is 0. The highest BCUT2D eigenvalue weighted by Crippen LogP contribution is 2.26. The van der Waals surface area contributed by atoms with Gasteiger partial charge in [-0.2, -0.15) is 4.98 Å². The molecule has 0 saturated heterocycles. The Hall–Kier alpha value is -1.10. The third-order valence-electron chi connectivity index (χ3n) is 0.692. The van der Waals surface area contributed by atoms with Gasteiger partial charge in [-0.25, -0.2) is 13.9 Å². The lowest BCUT2D eigenvalue weighted by atomic mass is 10.6. The highest BCUT2D eigenvalue weighted by molar-refractivity contribution is 7.45. The van der Waals surface area contributed by atoms with Gasteiger partial charge in [0.15, 0.2) is 0 Å². The molecule has 1 rings (SSSR count). The van der Waals surface area contributed by atoms with Crippen molar-refractivity contribution in [1.29, 1.82) is 0 Å². The first-order valence-corrected chi connectivity index (χ1v) is 6.80. The lowest BCUT2D eigenvalue weighted by Crippen LogP contribution is -2.10. The van der Waals surface area contributed by atoms with E-state index in [9.17, 15) is 4.79 Å². The van der Waals surface area contributed by atoms with Gasteiger partial charge in [-0.1, -0.05) is 0 Å². The first kappa shape index (κ1) is 19.2. The zero-order chi connectivity index (χ0) is 15.0. The molecule has 0 spiro atoms. The van der Waals surface area contributed by atoms with Crippen LogP contribution in [0.2, 0.25) is 0 Å². The van der Waals surface area contributed by atoms with Crippen LogP contribution in [0.3, 0.4) is 0 Å². The standard InChI is InChI=1S/C4H5N3O.2H3O4P/c5-3-1-2-6-4(8)7-3;2*1-5(2,3)4/h1-2H,(H3,5,6,7,8);2*(H3,1,2,3,4). The van der Waals surface area contributed by atoms with Crippen molar-refractivity contribution in [3.8, 4) is 0 Å². The number of phosphoric acid groups is 2. The topological polar surface area (TPSA) is 227 Å². The molecule has 0 aliphatic heterocycles. The summed E-state index contributed by atoms with van der Waals surface area (Å²) in [5.74, 6) is 0.244. The molecule has 0 aliphatic carbocycles. The fraction of sp³-hybridized carbons (Fsp3) is 0. The summed E-state index contributed by atoms with van der Waals surface area (Å²) in [5.41, 5.74) is 4.72. The molecular formula is C4H11N3O9P2. The summed E-state index contributed by atoms with van der Waals surface area (Å²) < 4.78 is 17.8. The summed E-state index contributed by atoms with van der Waals surface area (Å²) in [5, 5.41) is 0. The van der Waals surface area contributed by atoms with E-state index in [-0.39, 0.29) is 5.82 Å². The number of nitrogen functional groups attached to an aromatic ring is 1. The molecule has 12 nitrogen and oxygen atoms in total. The summed E-state index contributed by atoms with van der Waals surface area (Å²) in [6.45, 7) is 0. The molecule has 0 atom stereocenters. The van der Waals surface area contributed by atoms with E-state index in [1.54, 1.807) is 0 Å². The predicted molar refractivity (Wildman–Crippen MR) is 57.8 cm³/mol. The number of nitrogens with zero attached hydrogens (tertiary/aromatic N) is 1. The van der Waals surface area contributed by atoms with E-state index in [1.165, 1.54) is 12.3 Å². The van der Waals surface area contributed by atoms with Crippen molar-refractivity contribution < 1.29 is 38.5 Å². The number of nitrogens with one attached hydrogen (secondary N) is 1. The van der Waals surface area contributed by atoms with Gasteiger partial charge in [-0.3, -0.25) is 0 Å². The van der Waals surface area contributed by atoms with Crippen molar-refractivity contribution in [2.75, 3.05) is 5.73 Å². The van der Waals surface area contributed by atoms with E-state index in [0.29, 0.717) is 0 Å². The van der Waals surface area contributed by atoms with Crippen LogP contribution in [0, 0.1) is 0 Å². The second kappa shape index (κ2) is 8.08. The number of anilines is 1. The summed E-state index contributed by atoms with van der Waals surface area (Å²) in [7, 11) is -9.28. The van der Waals surface area contributed by atoms with Crippen LogP contribution in [-0.2, 0) is 9.13 Å². The van der Waals surface area contributed by atoms with Crippen LogP contribution < -0.4 is 11.4 Å². The van der Waals surface area contributed by atoms with Crippen LogP contribution >= 0.6 is 15.6 Å². The molecule has 1 aromatic rings. The lowest BCUT2D eigenvalue weighted by Gasteiger charge is -1.83. The van der Waals surface area contributed by atoms with Crippen LogP contribution in [0.1, 0.15) is 0 Å². The van der Waals surface area contributed by atoms with Gasteiger partial charge >= 0.3 is 21.3 Å². The summed E-state index contributed by atoms with van der Waals surface area (Å²) in [6.07, 6.45) is 1.45. The van der Waals surface area contributed by atoms with Crippen molar-refractivity contribution in [2.24, 2.45) is 0 Å². The molecule has 9 N–H and O–H groups in total. The fourth-order valence-electron chi connectivity index (χ4n) is 0.385. The Morgan fingerprint density at radius 3 is 1.56 bits per heavy atom. The average molecular weight is 307 g/mol. The second-order valence-electron chi connectivity index (χ2n) is 2.35. The monoisotopic (exact) mass is 307 g/mol.